The fourth-order valence-electron chi connectivity index (χ4n) is 2.52. The highest BCUT2D eigenvalue weighted by molar-refractivity contribution is 5.78. The Morgan fingerprint density at radius 1 is 1.19 bits per heavy atom. The Labute approximate surface area is 98.4 Å². The molecule has 0 heterocycles. The minimum absolute atomic E-state index is 0.165. The van der Waals surface area contributed by atoms with Crippen molar-refractivity contribution in [1.82, 2.24) is 10.6 Å². The molecule has 16 heavy (non-hydrogen) atoms. The summed E-state index contributed by atoms with van der Waals surface area (Å²) in [6.45, 7) is 5.97. The molecule has 2 aliphatic carbocycles. The molecule has 2 saturated carbocycles. The van der Waals surface area contributed by atoms with Crippen molar-refractivity contribution in [2.24, 2.45) is 17.8 Å². The van der Waals surface area contributed by atoms with Crippen LogP contribution < -0.4 is 10.6 Å². The van der Waals surface area contributed by atoms with Gasteiger partial charge in [0, 0.05) is 12.6 Å². The van der Waals surface area contributed by atoms with E-state index in [-0.39, 0.29) is 5.91 Å². The van der Waals surface area contributed by atoms with Crippen molar-refractivity contribution in [2.75, 3.05) is 13.1 Å². The summed E-state index contributed by atoms with van der Waals surface area (Å²) in [5.74, 6) is 2.44. The van der Waals surface area contributed by atoms with E-state index in [2.05, 4.69) is 24.5 Å². The van der Waals surface area contributed by atoms with Crippen molar-refractivity contribution < 1.29 is 4.79 Å². The lowest BCUT2D eigenvalue weighted by molar-refractivity contribution is -0.120. The number of carbonyl (C=O) groups is 1. The zero-order chi connectivity index (χ0) is 11.5. The van der Waals surface area contributed by atoms with Gasteiger partial charge in [0.2, 0.25) is 5.91 Å². The molecular weight excluding hydrogens is 200 g/mol. The quantitative estimate of drug-likeness (QED) is 0.743. The van der Waals surface area contributed by atoms with Gasteiger partial charge in [-0.2, -0.15) is 0 Å². The molecule has 0 radical (unpaired) electrons. The Morgan fingerprint density at radius 2 is 1.94 bits per heavy atom. The largest absolute Gasteiger partial charge is 0.355 e. The van der Waals surface area contributed by atoms with E-state index < -0.39 is 0 Å². The van der Waals surface area contributed by atoms with Crippen molar-refractivity contribution in [2.45, 2.75) is 45.6 Å². The average molecular weight is 224 g/mol. The molecule has 3 nitrogen and oxygen atoms in total. The summed E-state index contributed by atoms with van der Waals surface area (Å²) >= 11 is 0. The van der Waals surface area contributed by atoms with Crippen LogP contribution in [0.3, 0.4) is 0 Å². The Bertz CT molecular complexity index is 250. The third-order valence-corrected chi connectivity index (χ3v) is 4.27. The summed E-state index contributed by atoms with van der Waals surface area (Å²) < 4.78 is 0. The van der Waals surface area contributed by atoms with Crippen LogP contribution in [-0.2, 0) is 4.79 Å². The van der Waals surface area contributed by atoms with E-state index in [0.717, 1.165) is 18.4 Å². The number of rotatable bonds is 5. The van der Waals surface area contributed by atoms with E-state index in [0.29, 0.717) is 18.5 Å². The molecular formula is C13H24N2O. The van der Waals surface area contributed by atoms with Crippen LogP contribution in [0.4, 0.5) is 0 Å². The monoisotopic (exact) mass is 224 g/mol. The molecule has 2 rings (SSSR count). The summed E-state index contributed by atoms with van der Waals surface area (Å²) in [5.41, 5.74) is 0. The van der Waals surface area contributed by atoms with Gasteiger partial charge in [0.05, 0.1) is 6.54 Å². The lowest BCUT2D eigenvalue weighted by Crippen LogP contribution is -2.41. The van der Waals surface area contributed by atoms with Crippen molar-refractivity contribution in [1.29, 1.82) is 0 Å². The van der Waals surface area contributed by atoms with E-state index in [9.17, 15) is 4.79 Å². The third-order valence-electron chi connectivity index (χ3n) is 4.27. The Hall–Kier alpha value is -0.570. The summed E-state index contributed by atoms with van der Waals surface area (Å²) in [5, 5.41) is 6.39. The number of hydrogen-bond donors (Lipinski definition) is 2. The van der Waals surface area contributed by atoms with Gasteiger partial charge in [-0.1, -0.05) is 13.8 Å². The third kappa shape index (κ3) is 3.21. The number of nitrogens with one attached hydrogen (secondary N) is 2. The summed E-state index contributed by atoms with van der Waals surface area (Å²) in [4.78, 5) is 11.5. The molecule has 2 fully saturated rings. The van der Waals surface area contributed by atoms with E-state index >= 15 is 0 Å². The number of amides is 1. The molecule has 0 spiro atoms. The molecule has 2 N–H and O–H groups in total. The molecule has 3 heteroatoms. The van der Waals surface area contributed by atoms with Crippen LogP contribution in [0.25, 0.3) is 0 Å². The number of hydrogen-bond acceptors (Lipinski definition) is 2. The summed E-state index contributed by atoms with van der Waals surface area (Å²) in [6.07, 6.45) is 5.11. The van der Waals surface area contributed by atoms with E-state index in [1.807, 2.05) is 0 Å². The van der Waals surface area contributed by atoms with Gasteiger partial charge in [-0.25, -0.2) is 0 Å². The maximum atomic E-state index is 11.5. The van der Waals surface area contributed by atoms with Crippen LogP contribution in [0.1, 0.15) is 39.5 Å². The normalized spacial score (nSPS) is 34.0. The van der Waals surface area contributed by atoms with Crippen molar-refractivity contribution in [3.05, 3.63) is 0 Å². The SMILES string of the molecule is CC1CCC(NCC(=O)NCC2CC2)C1C. The Balaban J connectivity index is 1.60. The highest BCUT2D eigenvalue weighted by Crippen LogP contribution is 2.30. The highest BCUT2D eigenvalue weighted by atomic mass is 16.1. The predicted octanol–water partition coefficient (Wildman–Crippen LogP) is 1.54. The smallest absolute Gasteiger partial charge is 0.233 e. The molecule has 0 aromatic heterocycles. The fraction of sp³-hybridized carbons (Fsp3) is 0.923. The fourth-order valence-corrected chi connectivity index (χ4v) is 2.52. The zero-order valence-corrected chi connectivity index (χ0v) is 10.5. The molecule has 2 aliphatic rings. The van der Waals surface area contributed by atoms with Crippen LogP contribution in [-0.4, -0.2) is 25.0 Å². The second kappa shape index (κ2) is 5.17. The molecule has 3 unspecified atom stereocenters. The maximum Gasteiger partial charge on any atom is 0.233 e. The van der Waals surface area contributed by atoms with Crippen molar-refractivity contribution >= 4 is 5.91 Å². The number of carbonyl (C=O) groups excluding carboxylic acids is 1. The van der Waals surface area contributed by atoms with E-state index in [1.54, 1.807) is 0 Å². The molecule has 0 aliphatic heterocycles. The van der Waals surface area contributed by atoms with Gasteiger partial charge in [0.15, 0.2) is 0 Å². The lowest BCUT2D eigenvalue weighted by Gasteiger charge is -2.19. The lowest BCUT2D eigenvalue weighted by atomic mass is 9.98. The van der Waals surface area contributed by atoms with Gasteiger partial charge in [-0.15, -0.1) is 0 Å². The van der Waals surface area contributed by atoms with Gasteiger partial charge in [0.25, 0.3) is 0 Å². The van der Waals surface area contributed by atoms with Gasteiger partial charge in [-0.3, -0.25) is 4.79 Å². The van der Waals surface area contributed by atoms with E-state index in [1.165, 1.54) is 25.7 Å². The first kappa shape index (κ1) is 11.9. The van der Waals surface area contributed by atoms with Crippen LogP contribution in [0.15, 0.2) is 0 Å². The Morgan fingerprint density at radius 3 is 2.50 bits per heavy atom. The minimum Gasteiger partial charge on any atom is -0.355 e. The van der Waals surface area contributed by atoms with Gasteiger partial charge in [-0.05, 0) is 43.4 Å². The van der Waals surface area contributed by atoms with Gasteiger partial charge >= 0.3 is 0 Å². The van der Waals surface area contributed by atoms with Crippen LogP contribution in [0, 0.1) is 17.8 Å². The summed E-state index contributed by atoms with van der Waals surface area (Å²) in [7, 11) is 0. The topological polar surface area (TPSA) is 41.1 Å². The second-order valence-corrected chi connectivity index (χ2v) is 5.65. The molecule has 3 atom stereocenters. The van der Waals surface area contributed by atoms with Crippen LogP contribution in [0.5, 0.6) is 0 Å². The van der Waals surface area contributed by atoms with Gasteiger partial charge < -0.3 is 10.6 Å². The first-order valence-electron chi connectivity index (χ1n) is 6.67. The highest BCUT2D eigenvalue weighted by Gasteiger charge is 2.29. The molecule has 0 saturated heterocycles. The molecule has 92 valence electrons. The average Bonchev–Trinajstić information content (AvgIpc) is 3.04. The van der Waals surface area contributed by atoms with Gasteiger partial charge in [0.1, 0.15) is 0 Å². The molecule has 1 amide bonds. The van der Waals surface area contributed by atoms with Crippen molar-refractivity contribution in [3.8, 4) is 0 Å². The summed E-state index contributed by atoms with van der Waals surface area (Å²) in [6, 6.07) is 0.543. The predicted molar refractivity (Wildman–Crippen MR) is 65.1 cm³/mol. The minimum atomic E-state index is 0.165. The molecule has 0 aromatic rings. The molecule has 0 aromatic carbocycles. The Kier molecular flexibility index (Phi) is 3.85. The first-order valence-corrected chi connectivity index (χ1v) is 6.67. The molecule has 0 bridgehead atoms. The van der Waals surface area contributed by atoms with Crippen LogP contribution >= 0.6 is 0 Å². The standard InChI is InChI=1S/C13H24N2O/c1-9-3-6-12(10(9)2)14-8-13(16)15-7-11-4-5-11/h9-12,14H,3-8H2,1-2H3,(H,15,16). The van der Waals surface area contributed by atoms with Crippen LogP contribution in [0.2, 0.25) is 0 Å². The zero-order valence-electron chi connectivity index (χ0n) is 10.5. The van der Waals surface area contributed by atoms with Crippen molar-refractivity contribution in [3.63, 3.8) is 0 Å². The second-order valence-electron chi connectivity index (χ2n) is 5.65. The first-order chi connectivity index (χ1) is 7.66. The maximum absolute atomic E-state index is 11.5. The van der Waals surface area contributed by atoms with E-state index in [4.69, 9.17) is 0 Å².